The van der Waals surface area contributed by atoms with Crippen molar-refractivity contribution in [1.29, 1.82) is 0 Å². The highest BCUT2D eigenvalue weighted by atomic mass is 35.5. The highest BCUT2D eigenvalue weighted by molar-refractivity contribution is 7.21. The van der Waals surface area contributed by atoms with Crippen LogP contribution in [0.3, 0.4) is 0 Å². The van der Waals surface area contributed by atoms with Crippen LogP contribution in [0.4, 0.5) is 0 Å². The summed E-state index contributed by atoms with van der Waals surface area (Å²) in [6, 6.07) is 20.3. The first-order valence-corrected chi connectivity index (χ1v) is 13.4. The van der Waals surface area contributed by atoms with Gasteiger partial charge in [0.05, 0.1) is 5.02 Å². The van der Waals surface area contributed by atoms with Gasteiger partial charge in [0.25, 0.3) is 5.91 Å². The second-order valence-corrected chi connectivity index (χ2v) is 10.4. The van der Waals surface area contributed by atoms with Gasteiger partial charge in [0.1, 0.15) is 4.88 Å². The number of halogens is 2. The van der Waals surface area contributed by atoms with Crippen LogP contribution in [-0.4, -0.2) is 41.9 Å². The average molecular weight is 514 g/mol. The molecule has 4 aromatic rings. The van der Waals surface area contributed by atoms with Gasteiger partial charge in [0.15, 0.2) is 0 Å². The number of benzene rings is 3. The van der Waals surface area contributed by atoms with E-state index in [1.807, 2.05) is 35.2 Å². The molecule has 0 saturated carbocycles. The molecule has 0 spiro atoms. The first kappa shape index (κ1) is 25.0. The number of hydrogen-bond acceptors (Lipinski definition) is 3. The zero-order valence-electron chi connectivity index (χ0n) is 19.7. The number of nitrogens with zero attached hydrogens (tertiary/aromatic N) is 2. The summed E-state index contributed by atoms with van der Waals surface area (Å²) < 4.78 is 0.938. The lowest BCUT2D eigenvalue weighted by atomic mass is 10.1. The van der Waals surface area contributed by atoms with E-state index in [0.29, 0.717) is 28.0 Å². The smallest absolute Gasteiger partial charge is 0.265 e. The molecular weight excluding hydrogens is 483 g/mol. The van der Waals surface area contributed by atoms with Crippen LogP contribution in [-0.2, 0) is 6.54 Å². The summed E-state index contributed by atoms with van der Waals surface area (Å²) in [4.78, 5) is 18.7. The summed E-state index contributed by atoms with van der Waals surface area (Å²) in [6.45, 7) is 8.78. The number of amides is 1. The third-order valence-corrected chi connectivity index (χ3v) is 8.19. The fraction of sp³-hybridized carbons (Fsp3) is 0.321. The van der Waals surface area contributed by atoms with Gasteiger partial charge in [-0.25, -0.2) is 0 Å². The minimum absolute atomic E-state index is 0.0154. The fourth-order valence-corrected chi connectivity index (χ4v) is 6.06. The van der Waals surface area contributed by atoms with E-state index in [0.717, 1.165) is 48.1 Å². The van der Waals surface area contributed by atoms with Crippen molar-refractivity contribution in [3.05, 3.63) is 81.1 Å². The second kappa shape index (κ2) is 11.5. The zero-order chi connectivity index (χ0) is 24.1. The van der Waals surface area contributed by atoms with E-state index in [-0.39, 0.29) is 5.91 Å². The Labute approximate surface area is 215 Å². The summed E-state index contributed by atoms with van der Waals surface area (Å²) in [5.74, 6) is -0.0154. The quantitative estimate of drug-likeness (QED) is 0.200. The molecule has 1 heterocycles. The van der Waals surface area contributed by atoms with E-state index >= 15 is 0 Å². The first-order chi connectivity index (χ1) is 16.5. The van der Waals surface area contributed by atoms with Crippen molar-refractivity contribution >= 4 is 61.3 Å². The largest absolute Gasteiger partial charge is 0.334 e. The average Bonchev–Trinajstić information content (AvgIpc) is 3.18. The molecule has 0 radical (unpaired) electrons. The van der Waals surface area contributed by atoms with Crippen molar-refractivity contribution in [3.63, 3.8) is 0 Å². The molecule has 6 heteroatoms. The molecule has 4 rings (SSSR count). The third-order valence-electron chi connectivity index (χ3n) is 6.31. The predicted molar refractivity (Wildman–Crippen MR) is 148 cm³/mol. The maximum absolute atomic E-state index is 13.7. The van der Waals surface area contributed by atoms with Crippen molar-refractivity contribution in [2.24, 2.45) is 0 Å². The Morgan fingerprint density at radius 3 is 2.38 bits per heavy atom. The van der Waals surface area contributed by atoms with Gasteiger partial charge < -0.3 is 9.80 Å². The number of carbonyl (C=O) groups excluding carboxylic acids is 1. The molecule has 0 atom stereocenters. The van der Waals surface area contributed by atoms with Crippen molar-refractivity contribution in [2.75, 3.05) is 26.2 Å². The number of fused-ring (bicyclic) bond motifs is 2. The number of thiophene rings is 1. The van der Waals surface area contributed by atoms with Crippen LogP contribution in [0.2, 0.25) is 10.0 Å². The molecule has 0 aliphatic rings. The van der Waals surface area contributed by atoms with Crippen molar-refractivity contribution in [2.45, 2.75) is 33.2 Å². The first-order valence-electron chi connectivity index (χ1n) is 11.9. The molecule has 0 bridgehead atoms. The number of rotatable bonds is 10. The van der Waals surface area contributed by atoms with Crippen LogP contribution < -0.4 is 0 Å². The van der Waals surface area contributed by atoms with E-state index in [9.17, 15) is 4.79 Å². The number of hydrogen-bond donors (Lipinski definition) is 0. The van der Waals surface area contributed by atoms with Gasteiger partial charge in [0.2, 0.25) is 0 Å². The molecule has 0 fully saturated rings. The Bertz CT molecular complexity index is 1280. The van der Waals surface area contributed by atoms with Gasteiger partial charge in [0, 0.05) is 28.2 Å². The molecule has 34 heavy (non-hydrogen) atoms. The Morgan fingerprint density at radius 2 is 1.62 bits per heavy atom. The van der Waals surface area contributed by atoms with E-state index in [2.05, 4.69) is 49.1 Å². The highest BCUT2D eigenvalue weighted by Gasteiger charge is 2.23. The number of carbonyl (C=O) groups is 1. The van der Waals surface area contributed by atoms with Crippen LogP contribution >= 0.6 is 34.5 Å². The topological polar surface area (TPSA) is 23.6 Å². The minimum Gasteiger partial charge on any atom is -0.334 e. The molecular formula is C28H30Cl2N2OS. The van der Waals surface area contributed by atoms with Gasteiger partial charge >= 0.3 is 0 Å². The lowest BCUT2D eigenvalue weighted by molar-refractivity contribution is 0.0743. The lowest BCUT2D eigenvalue weighted by Gasteiger charge is -2.24. The summed E-state index contributed by atoms with van der Waals surface area (Å²) in [5, 5.41) is 4.44. The monoisotopic (exact) mass is 512 g/mol. The Balaban J connectivity index is 1.58. The van der Waals surface area contributed by atoms with Crippen LogP contribution in [0.1, 0.15) is 41.9 Å². The van der Waals surface area contributed by atoms with E-state index in [1.54, 1.807) is 0 Å². The van der Waals surface area contributed by atoms with Gasteiger partial charge in [-0.2, -0.15) is 0 Å². The molecule has 3 aromatic carbocycles. The predicted octanol–water partition coefficient (Wildman–Crippen LogP) is 8.13. The van der Waals surface area contributed by atoms with Crippen molar-refractivity contribution < 1.29 is 4.79 Å². The summed E-state index contributed by atoms with van der Waals surface area (Å²) in [6.07, 6.45) is 2.00. The molecule has 0 saturated heterocycles. The number of unbranched alkanes of at least 4 members (excludes halogenated alkanes) is 1. The van der Waals surface area contributed by atoms with Crippen molar-refractivity contribution in [3.8, 4) is 0 Å². The van der Waals surface area contributed by atoms with Crippen LogP contribution in [0.15, 0.2) is 60.7 Å². The van der Waals surface area contributed by atoms with E-state index in [4.69, 9.17) is 23.2 Å². The highest BCUT2D eigenvalue weighted by Crippen LogP contribution is 2.37. The molecule has 0 aliphatic carbocycles. The summed E-state index contributed by atoms with van der Waals surface area (Å²) >= 11 is 14.3. The minimum atomic E-state index is -0.0154. The zero-order valence-corrected chi connectivity index (χ0v) is 22.0. The standard InChI is InChI=1S/C28H30Cl2N2OS/c1-3-31(4-2)15-7-8-16-32(19-20-11-12-21-9-5-6-10-22(21)17-20)28(33)27-26(30)24-14-13-23(29)18-25(24)34-27/h5-6,9-14,17-18H,3-4,7-8,15-16,19H2,1-2H3. The Hall–Kier alpha value is -2.11. The molecule has 0 unspecified atom stereocenters. The third kappa shape index (κ3) is 5.75. The molecule has 1 amide bonds. The van der Waals surface area contributed by atoms with Gasteiger partial charge in [-0.05, 0) is 67.0 Å². The van der Waals surface area contributed by atoms with E-state index in [1.165, 1.54) is 22.1 Å². The SMILES string of the molecule is CCN(CC)CCCCN(Cc1ccc2ccccc2c1)C(=O)c1sc2cc(Cl)ccc2c1Cl. The molecule has 1 aromatic heterocycles. The van der Waals surface area contributed by atoms with Crippen LogP contribution in [0.25, 0.3) is 20.9 Å². The second-order valence-electron chi connectivity index (χ2n) is 8.53. The van der Waals surface area contributed by atoms with Gasteiger partial charge in [-0.1, -0.05) is 79.5 Å². The molecule has 0 aliphatic heterocycles. The lowest BCUT2D eigenvalue weighted by Crippen LogP contribution is -2.32. The normalized spacial score (nSPS) is 11.6. The molecule has 3 nitrogen and oxygen atoms in total. The maximum atomic E-state index is 13.7. The van der Waals surface area contributed by atoms with E-state index < -0.39 is 0 Å². The fourth-order valence-electron chi connectivity index (χ4n) is 4.31. The van der Waals surface area contributed by atoms with Crippen LogP contribution in [0.5, 0.6) is 0 Å². The maximum Gasteiger partial charge on any atom is 0.265 e. The Kier molecular flexibility index (Phi) is 8.49. The molecule has 178 valence electrons. The van der Waals surface area contributed by atoms with Gasteiger partial charge in [-0.15, -0.1) is 11.3 Å². The summed E-state index contributed by atoms with van der Waals surface area (Å²) in [7, 11) is 0. The molecule has 0 N–H and O–H groups in total. The van der Waals surface area contributed by atoms with Gasteiger partial charge in [-0.3, -0.25) is 4.79 Å². The van der Waals surface area contributed by atoms with Crippen molar-refractivity contribution in [1.82, 2.24) is 9.80 Å². The van der Waals surface area contributed by atoms with Crippen LogP contribution in [0, 0.1) is 0 Å². The Morgan fingerprint density at radius 1 is 0.882 bits per heavy atom. The summed E-state index contributed by atoms with van der Waals surface area (Å²) in [5.41, 5.74) is 1.12.